The van der Waals surface area contributed by atoms with Gasteiger partial charge in [0.15, 0.2) is 0 Å². The first kappa shape index (κ1) is 12.0. The molecule has 2 saturated carbocycles. The smallest absolute Gasteiger partial charge is 0.0531 e. The molecule has 3 rings (SSSR count). The fourth-order valence-corrected chi connectivity index (χ4v) is 4.26. The quantitative estimate of drug-likeness (QED) is 0.850. The van der Waals surface area contributed by atoms with Crippen LogP contribution in [0.1, 0.15) is 45.6 Å². The van der Waals surface area contributed by atoms with Crippen LogP contribution in [0.25, 0.3) is 0 Å². The van der Waals surface area contributed by atoms with Crippen LogP contribution in [0.15, 0.2) is 18.5 Å². The molecule has 18 heavy (non-hydrogen) atoms. The molecule has 0 saturated heterocycles. The molecule has 1 N–H and O–H groups in total. The highest BCUT2D eigenvalue weighted by atomic mass is 15.0. The van der Waals surface area contributed by atoms with Crippen LogP contribution in [0, 0.1) is 23.7 Å². The van der Waals surface area contributed by atoms with Gasteiger partial charge in [-0.05, 0) is 54.6 Å². The van der Waals surface area contributed by atoms with Crippen molar-refractivity contribution in [3.63, 3.8) is 0 Å². The van der Waals surface area contributed by atoms with Gasteiger partial charge in [0.05, 0.1) is 5.69 Å². The SMILES string of the molecule is Cc1cncc(NC2CC3CCC2(C)C3(C)C)c1. The van der Waals surface area contributed by atoms with Gasteiger partial charge in [0, 0.05) is 18.4 Å². The number of nitrogens with zero attached hydrogens (tertiary/aromatic N) is 1. The Hall–Kier alpha value is -1.05. The van der Waals surface area contributed by atoms with Crippen LogP contribution in [0.4, 0.5) is 5.69 Å². The van der Waals surface area contributed by atoms with Crippen molar-refractivity contribution in [2.75, 3.05) is 5.32 Å². The van der Waals surface area contributed by atoms with Crippen molar-refractivity contribution < 1.29 is 0 Å². The van der Waals surface area contributed by atoms with Gasteiger partial charge in [-0.1, -0.05) is 20.8 Å². The van der Waals surface area contributed by atoms with Crippen molar-refractivity contribution in [1.82, 2.24) is 4.98 Å². The number of pyridine rings is 1. The molecule has 3 atom stereocenters. The number of anilines is 1. The maximum atomic E-state index is 4.28. The minimum Gasteiger partial charge on any atom is -0.380 e. The Bertz CT molecular complexity index is 466. The van der Waals surface area contributed by atoms with Gasteiger partial charge in [0.25, 0.3) is 0 Å². The Kier molecular flexibility index (Phi) is 2.48. The van der Waals surface area contributed by atoms with Gasteiger partial charge in [-0.25, -0.2) is 0 Å². The molecule has 98 valence electrons. The van der Waals surface area contributed by atoms with Gasteiger partial charge in [-0.3, -0.25) is 4.98 Å². The summed E-state index contributed by atoms with van der Waals surface area (Å²) in [6.45, 7) is 9.49. The summed E-state index contributed by atoms with van der Waals surface area (Å²) in [5.41, 5.74) is 3.32. The van der Waals surface area contributed by atoms with Gasteiger partial charge in [-0.2, -0.15) is 0 Å². The van der Waals surface area contributed by atoms with E-state index >= 15 is 0 Å². The summed E-state index contributed by atoms with van der Waals surface area (Å²) in [4.78, 5) is 4.28. The molecule has 2 bridgehead atoms. The molecule has 1 heterocycles. The molecule has 0 aromatic carbocycles. The maximum Gasteiger partial charge on any atom is 0.0531 e. The van der Waals surface area contributed by atoms with Gasteiger partial charge >= 0.3 is 0 Å². The average molecular weight is 244 g/mol. The van der Waals surface area contributed by atoms with E-state index in [1.807, 2.05) is 12.4 Å². The Morgan fingerprint density at radius 3 is 2.61 bits per heavy atom. The summed E-state index contributed by atoms with van der Waals surface area (Å²) in [7, 11) is 0. The molecule has 2 fully saturated rings. The molecule has 0 radical (unpaired) electrons. The lowest BCUT2D eigenvalue weighted by molar-refractivity contribution is 0.142. The van der Waals surface area contributed by atoms with Crippen LogP contribution >= 0.6 is 0 Å². The second-order valence-corrected chi connectivity index (χ2v) is 7.06. The van der Waals surface area contributed by atoms with Crippen LogP contribution in [0.5, 0.6) is 0 Å². The summed E-state index contributed by atoms with van der Waals surface area (Å²) in [5, 5.41) is 3.75. The van der Waals surface area contributed by atoms with E-state index < -0.39 is 0 Å². The number of rotatable bonds is 2. The van der Waals surface area contributed by atoms with Crippen molar-refractivity contribution in [1.29, 1.82) is 0 Å². The van der Waals surface area contributed by atoms with Crippen LogP contribution in [-0.4, -0.2) is 11.0 Å². The van der Waals surface area contributed by atoms with E-state index in [0.29, 0.717) is 16.9 Å². The lowest BCUT2D eigenvalue weighted by Crippen LogP contribution is -2.40. The first-order valence-electron chi connectivity index (χ1n) is 7.12. The second-order valence-electron chi connectivity index (χ2n) is 7.06. The Labute approximate surface area is 110 Å². The lowest BCUT2D eigenvalue weighted by Gasteiger charge is -2.39. The zero-order valence-corrected chi connectivity index (χ0v) is 12.0. The van der Waals surface area contributed by atoms with Crippen LogP contribution in [-0.2, 0) is 0 Å². The fourth-order valence-electron chi connectivity index (χ4n) is 4.26. The zero-order valence-electron chi connectivity index (χ0n) is 12.0. The van der Waals surface area contributed by atoms with Gasteiger partial charge in [0.2, 0.25) is 0 Å². The molecular weight excluding hydrogens is 220 g/mol. The highest BCUT2D eigenvalue weighted by molar-refractivity contribution is 5.45. The van der Waals surface area contributed by atoms with Crippen molar-refractivity contribution >= 4 is 5.69 Å². The van der Waals surface area contributed by atoms with Crippen LogP contribution in [0.2, 0.25) is 0 Å². The number of hydrogen-bond acceptors (Lipinski definition) is 2. The third kappa shape index (κ3) is 1.51. The number of aryl methyl sites for hydroxylation is 1. The molecule has 2 aliphatic carbocycles. The monoisotopic (exact) mass is 244 g/mol. The minimum atomic E-state index is 0.432. The summed E-state index contributed by atoms with van der Waals surface area (Å²) in [5.74, 6) is 0.887. The first-order valence-corrected chi connectivity index (χ1v) is 7.12. The molecule has 2 nitrogen and oxygen atoms in total. The molecule has 2 aliphatic rings. The predicted octanol–water partition coefficient (Wildman–Crippen LogP) is 4.02. The Morgan fingerprint density at radius 2 is 2.06 bits per heavy atom. The molecule has 2 heteroatoms. The van der Waals surface area contributed by atoms with E-state index in [-0.39, 0.29) is 0 Å². The fraction of sp³-hybridized carbons (Fsp3) is 0.688. The first-order chi connectivity index (χ1) is 8.43. The van der Waals surface area contributed by atoms with E-state index in [2.05, 4.69) is 44.1 Å². The summed E-state index contributed by atoms with van der Waals surface area (Å²) < 4.78 is 0. The number of fused-ring (bicyclic) bond motifs is 2. The number of aromatic nitrogens is 1. The Balaban J connectivity index is 1.84. The zero-order chi connectivity index (χ0) is 13.0. The third-order valence-electron chi connectivity index (χ3n) is 6.01. The number of hydrogen-bond donors (Lipinski definition) is 1. The minimum absolute atomic E-state index is 0.432. The molecule has 0 amide bonds. The van der Waals surface area contributed by atoms with E-state index in [0.717, 1.165) is 5.92 Å². The third-order valence-corrected chi connectivity index (χ3v) is 6.01. The predicted molar refractivity (Wildman–Crippen MR) is 75.6 cm³/mol. The van der Waals surface area contributed by atoms with Crippen molar-refractivity contribution in [2.45, 2.75) is 53.0 Å². The van der Waals surface area contributed by atoms with E-state index in [1.54, 1.807) is 0 Å². The second kappa shape index (κ2) is 3.72. The van der Waals surface area contributed by atoms with Crippen molar-refractivity contribution in [3.8, 4) is 0 Å². The van der Waals surface area contributed by atoms with Crippen LogP contribution in [0.3, 0.4) is 0 Å². The topological polar surface area (TPSA) is 24.9 Å². The van der Waals surface area contributed by atoms with Crippen molar-refractivity contribution in [2.24, 2.45) is 16.7 Å². The average Bonchev–Trinajstić information content (AvgIpc) is 2.62. The molecule has 1 aromatic rings. The standard InChI is InChI=1S/C16H24N2/c1-11-7-13(10-17-9-11)18-14-8-12-5-6-16(14,4)15(12,2)3/h7,9-10,12,14,18H,5-6,8H2,1-4H3. The largest absolute Gasteiger partial charge is 0.380 e. The van der Waals surface area contributed by atoms with Gasteiger partial charge in [0.1, 0.15) is 0 Å². The molecule has 1 aromatic heterocycles. The van der Waals surface area contributed by atoms with E-state index in [4.69, 9.17) is 0 Å². The molecule has 3 unspecified atom stereocenters. The van der Waals surface area contributed by atoms with Crippen molar-refractivity contribution in [3.05, 3.63) is 24.0 Å². The summed E-state index contributed by atoms with van der Waals surface area (Å²) >= 11 is 0. The van der Waals surface area contributed by atoms with Gasteiger partial charge < -0.3 is 5.32 Å². The molecular formula is C16H24N2. The van der Waals surface area contributed by atoms with Crippen LogP contribution < -0.4 is 5.32 Å². The lowest BCUT2D eigenvalue weighted by atomic mass is 9.69. The van der Waals surface area contributed by atoms with E-state index in [9.17, 15) is 0 Å². The summed E-state index contributed by atoms with van der Waals surface area (Å²) in [6.07, 6.45) is 7.96. The normalized spacial score (nSPS) is 36.9. The highest BCUT2D eigenvalue weighted by Crippen LogP contribution is 2.65. The maximum absolute atomic E-state index is 4.28. The molecule has 0 aliphatic heterocycles. The number of nitrogens with one attached hydrogen (secondary N) is 1. The molecule has 0 spiro atoms. The van der Waals surface area contributed by atoms with E-state index in [1.165, 1.54) is 30.5 Å². The Morgan fingerprint density at radius 1 is 1.28 bits per heavy atom. The van der Waals surface area contributed by atoms with Gasteiger partial charge in [-0.15, -0.1) is 0 Å². The summed E-state index contributed by atoms with van der Waals surface area (Å²) in [6, 6.07) is 2.81. The highest BCUT2D eigenvalue weighted by Gasteiger charge is 2.61.